The number of thioether (sulfide) groups is 2. The van der Waals surface area contributed by atoms with Crippen LogP contribution in [0.1, 0.15) is 17.7 Å². The van der Waals surface area contributed by atoms with Crippen LogP contribution in [0.2, 0.25) is 0 Å². The summed E-state index contributed by atoms with van der Waals surface area (Å²) in [6.07, 6.45) is 0. The van der Waals surface area contributed by atoms with Gasteiger partial charge in [0.15, 0.2) is 6.61 Å². The van der Waals surface area contributed by atoms with Gasteiger partial charge in [0.05, 0.1) is 0 Å². The van der Waals surface area contributed by atoms with E-state index in [2.05, 4.69) is 20.0 Å². The Morgan fingerprint density at radius 1 is 0.972 bits per heavy atom. The second-order valence-corrected chi connectivity index (χ2v) is 10.6. The first kappa shape index (κ1) is 25.7. The van der Waals surface area contributed by atoms with Crippen LogP contribution in [0.5, 0.6) is 5.75 Å². The molecular weight excluding hydrogens is 513 g/mol. The normalized spacial score (nSPS) is 11.5. The van der Waals surface area contributed by atoms with E-state index in [1.54, 1.807) is 18.2 Å². The second-order valence-electron chi connectivity index (χ2n) is 7.39. The quantitative estimate of drug-likeness (QED) is 0.222. The van der Waals surface area contributed by atoms with E-state index < -0.39 is 5.25 Å². The van der Waals surface area contributed by atoms with Crippen LogP contribution >= 0.6 is 35.1 Å². The standard InChI is InChI=1S/C26H24N4O3S3/c1-2-34-26-29-25(36-30-26)28-24(32)23(18-10-5-3-6-11-18)35-21-15-9-12-19(16-21)27-22(31)17-33-20-13-7-4-8-14-20/h3-16,23H,2,17H2,1H3,(H,27,31)(H,28,29,30,32). The highest BCUT2D eigenvalue weighted by Gasteiger charge is 2.23. The van der Waals surface area contributed by atoms with Crippen LogP contribution in [0.3, 0.4) is 0 Å². The Morgan fingerprint density at radius 3 is 2.47 bits per heavy atom. The molecule has 10 heteroatoms. The monoisotopic (exact) mass is 536 g/mol. The summed E-state index contributed by atoms with van der Waals surface area (Å²) >= 11 is 4.09. The molecule has 1 unspecified atom stereocenters. The highest BCUT2D eigenvalue weighted by Crippen LogP contribution is 2.37. The number of nitrogens with zero attached hydrogens (tertiary/aromatic N) is 2. The first-order valence-corrected chi connectivity index (χ1v) is 13.8. The molecule has 0 aliphatic carbocycles. The molecule has 0 fully saturated rings. The summed E-state index contributed by atoms with van der Waals surface area (Å²) in [5.74, 6) is 1.03. The molecule has 0 saturated carbocycles. The third-order valence-corrected chi connectivity index (χ3v) is 7.46. The van der Waals surface area contributed by atoms with E-state index >= 15 is 0 Å². The fraction of sp³-hybridized carbons (Fsp3) is 0.154. The van der Waals surface area contributed by atoms with Gasteiger partial charge in [-0.2, -0.15) is 9.36 Å². The van der Waals surface area contributed by atoms with E-state index in [0.717, 1.165) is 16.2 Å². The number of hydrogen-bond acceptors (Lipinski definition) is 8. The molecule has 3 aromatic carbocycles. The van der Waals surface area contributed by atoms with Crippen molar-refractivity contribution in [3.05, 3.63) is 90.5 Å². The zero-order chi connectivity index (χ0) is 25.2. The summed E-state index contributed by atoms with van der Waals surface area (Å²) in [6.45, 7) is 1.93. The Balaban J connectivity index is 1.44. The van der Waals surface area contributed by atoms with Gasteiger partial charge in [0.2, 0.25) is 16.2 Å². The molecular formula is C26H24N4O3S3. The van der Waals surface area contributed by atoms with Gasteiger partial charge >= 0.3 is 0 Å². The van der Waals surface area contributed by atoms with Gasteiger partial charge < -0.3 is 10.1 Å². The van der Waals surface area contributed by atoms with Crippen molar-refractivity contribution < 1.29 is 14.3 Å². The molecule has 0 aliphatic rings. The number of anilines is 2. The van der Waals surface area contributed by atoms with Gasteiger partial charge in [-0.1, -0.05) is 73.3 Å². The molecule has 4 aromatic rings. The minimum Gasteiger partial charge on any atom is -0.484 e. The second kappa shape index (κ2) is 13.1. The van der Waals surface area contributed by atoms with Gasteiger partial charge in [0.25, 0.3) is 5.91 Å². The maximum absolute atomic E-state index is 13.3. The molecule has 0 aliphatic heterocycles. The first-order chi connectivity index (χ1) is 17.6. The minimum atomic E-state index is -0.523. The predicted molar refractivity (Wildman–Crippen MR) is 147 cm³/mol. The van der Waals surface area contributed by atoms with E-state index in [0.29, 0.717) is 21.7 Å². The van der Waals surface area contributed by atoms with Crippen LogP contribution < -0.4 is 15.4 Å². The van der Waals surface area contributed by atoms with Crippen LogP contribution in [0, 0.1) is 0 Å². The molecule has 0 bridgehead atoms. The Morgan fingerprint density at radius 2 is 1.72 bits per heavy atom. The summed E-state index contributed by atoms with van der Waals surface area (Å²) in [6, 6.07) is 26.1. The lowest BCUT2D eigenvalue weighted by atomic mass is 10.1. The van der Waals surface area contributed by atoms with Crippen molar-refractivity contribution in [2.75, 3.05) is 23.0 Å². The van der Waals surface area contributed by atoms with Crippen LogP contribution in [0.4, 0.5) is 10.8 Å². The Labute approximate surface area is 222 Å². The molecule has 184 valence electrons. The summed E-state index contributed by atoms with van der Waals surface area (Å²) in [4.78, 5) is 30.9. The topological polar surface area (TPSA) is 93.2 Å². The van der Waals surface area contributed by atoms with Gasteiger partial charge in [0.1, 0.15) is 11.0 Å². The van der Waals surface area contributed by atoms with Gasteiger partial charge in [-0.25, -0.2) is 0 Å². The molecule has 1 heterocycles. The SMILES string of the molecule is CCSc1nsc(NC(=O)C(Sc2cccc(NC(=O)COc3ccccc3)c2)c2ccccc2)n1. The maximum Gasteiger partial charge on any atom is 0.262 e. The highest BCUT2D eigenvalue weighted by molar-refractivity contribution is 8.00. The summed E-state index contributed by atoms with van der Waals surface area (Å²) in [7, 11) is 0. The number of hydrogen-bond donors (Lipinski definition) is 2. The van der Waals surface area contributed by atoms with Crippen molar-refractivity contribution in [2.45, 2.75) is 22.2 Å². The fourth-order valence-electron chi connectivity index (χ4n) is 3.17. The van der Waals surface area contributed by atoms with Crippen LogP contribution in [-0.4, -0.2) is 33.5 Å². The van der Waals surface area contributed by atoms with Crippen molar-refractivity contribution in [2.24, 2.45) is 0 Å². The van der Waals surface area contributed by atoms with Crippen molar-refractivity contribution in [3.63, 3.8) is 0 Å². The third kappa shape index (κ3) is 7.58. The van der Waals surface area contributed by atoms with Crippen LogP contribution in [0.15, 0.2) is 95.0 Å². The molecule has 7 nitrogen and oxygen atoms in total. The molecule has 2 amide bonds. The number of carbonyl (C=O) groups is 2. The zero-order valence-corrected chi connectivity index (χ0v) is 21.9. The minimum absolute atomic E-state index is 0.101. The van der Waals surface area contributed by atoms with E-state index in [1.807, 2.05) is 73.7 Å². The predicted octanol–water partition coefficient (Wildman–Crippen LogP) is 6.14. The van der Waals surface area contributed by atoms with Crippen molar-refractivity contribution in [3.8, 4) is 5.75 Å². The van der Waals surface area contributed by atoms with Crippen molar-refractivity contribution >= 4 is 57.7 Å². The Hall–Kier alpha value is -3.34. The average molecular weight is 537 g/mol. The lowest BCUT2D eigenvalue weighted by Gasteiger charge is -2.16. The Kier molecular flexibility index (Phi) is 9.37. The number of benzene rings is 3. The smallest absolute Gasteiger partial charge is 0.262 e. The summed E-state index contributed by atoms with van der Waals surface area (Å²) in [5, 5.41) is 6.36. The Bertz CT molecular complexity index is 1290. The molecule has 4 rings (SSSR count). The molecule has 0 spiro atoms. The molecule has 36 heavy (non-hydrogen) atoms. The number of nitrogens with one attached hydrogen (secondary N) is 2. The van der Waals surface area contributed by atoms with E-state index in [4.69, 9.17) is 4.74 Å². The van der Waals surface area contributed by atoms with E-state index in [1.165, 1.54) is 35.1 Å². The maximum atomic E-state index is 13.3. The van der Waals surface area contributed by atoms with Crippen LogP contribution in [-0.2, 0) is 9.59 Å². The van der Waals surface area contributed by atoms with Gasteiger partial charge in [0, 0.05) is 22.1 Å². The molecule has 0 radical (unpaired) electrons. The van der Waals surface area contributed by atoms with E-state index in [9.17, 15) is 9.59 Å². The number of amides is 2. The average Bonchev–Trinajstić information content (AvgIpc) is 3.34. The summed E-state index contributed by atoms with van der Waals surface area (Å²) in [5.41, 5.74) is 1.48. The zero-order valence-electron chi connectivity index (χ0n) is 19.4. The van der Waals surface area contributed by atoms with Crippen molar-refractivity contribution in [1.82, 2.24) is 9.36 Å². The number of ether oxygens (including phenoxy) is 1. The summed E-state index contributed by atoms with van der Waals surface area (Å²) < 4.78 is 9.79. The van der Waals surface area contributed by atoms with Gasteiger partial charge in [-0.3, -0.25) is 14.9 Å². The molecule has 1 aromatic heterocycles. The number of carbonyl (C=O) groups excluding carboxylic acids is 2. The largest absolute Gasteiger partial charge is 0.484 e. The first-order valence-electron chi connectivity index (χ1n) is 11.2. The molecule has 1 atom stereocenters. The third-order valence-electron chi connectivity index (χ3n) is 4.74. The lowest BCUT2D eigenvalue weighted by Crippen LogP contribution is -2.20. The number of para-hydroxylation sites is 1. The van der Waals surface area contributed by atoms with Crippen molar-refractivity contribution in [1.29, 1.82) is 0 Å². The molecule has 0 saturated heterocycles. The highest BCUT2D eigenvalue weighted by atomic mass is 32.2. The van der Waals surface area contributed by atoms with Gasteiger partial charge in [-0.15, -0.1) is 11.8 Å². The van der Waals surface area contributed by atoms with Gasteiger partial charge in [-0.05, 0) is 41.6 Å². The lowest BCUT2D eigenvalue weighted by molar-refractivity contribution is -0.118. The number of aromatic nitrogens is 2. The fourth-order valence-corrected chi connectivity index (χ4v) is 5.52. The van der Waals surface area contributed by atoms with E-state index in [-0.39, 0.29) is 18.4 Å². The molecule has 2 N–H and O–H groups in total. The van der Waals surface area contributed by atoms with Crippen LogP contribution in [0.25, 0.3) is 0 Å². The number of rotatable bonds is 11.